The highest BCUT2D eigenvalue weighted by Crippen LogP contribution is 2.49. The summed E-state index contributed by atoms with van der Waals surface area (Å²) in [5.41, 5.74) is 34.5. The van der Waals surface area contributed by atoms with Gasteiger partial charge in [-0.2, -0.15) is 0 Å². The van der Waals surface area contributed by atoms with Gasteiger partial charge in [0.05, 0.1) is 7.11 Å². The molecular formula is C124H162ClFN6O2. The molecule has 1 saturated carbocycles. The number of carbonyl (C=O) groups is 1. The van der Waals surface area contributed by atoms with Crippen LogP contribution in [0.25, 0.3) is 0 Å². The number of amides is 1. The lowest BCUT2D eigenvalue weighted by Gasteiger charge is -2.24. The number of ether oxygens (including phenoxy) is 1. The van der Waals surface area contributed by atoms with E-state index < -0.39 is 0 Å². The number of carbonyl (C=O) groups excluding carboxylic acids is 1. The van der Waals surface area contributed by atoms with E-state index in [1.807, 2.05) is 151 Å². The average Bonchev–Trinajstić information content (AvgIpc) is 1.61. The first-order chi connectivity index (χ1) is 62.8. The summed E-state index contributed by atoms with van der Waals surface area (Å²) in [5.74, 6) is 0.784. The Hall–Kier alpha value is -12.5. The summed E-state index contributed by atoms with van der Waals surface area (Å²) in [7, 11) is 9.46. The number of hydrogen-bond donors (Lipinski definition) is 0. The molecule has 0 aliphatic heterocycles. The van der Waals surface area contributed by atoms with Crippen molar-refractivity contribution in [3.05, 3.63) is 502 Å². The van der Waals surface area contributed by atoms with Gasteiger partial charge in [0.25, 0.3) is 5.91 Å². The van der Waals surface area contributed by atoms with Gasteiger partial charge in [-0.25, -0.2) is 4.39 Å². The van der Waals surface area contributed by atoms with Crippen LogP contribution < -0.4 is 4.74 Å². The van der Waals surface area contributed by atoms with Crippen LogP contribution in [0.3, 0.4) is 0 Å². The second kappa shape index (κ2) is 69.3. The number of aromatic nitrogens is 4. The highest BCUT2D eigenvalue weighted by atomic mass is 35.5. The maximum Gasteiger partial charge on any atom is 0.253 e. The fraction of sp³-hybridized carbons (Fsp3) is 0.298. The van der Waals surface area contributed by atoms with E-state index in [1.165, 1.54) is 146 Å². The van der Waals surface area contributed by atoms with Crippen LogP contribution in [0.15, 0.2) is 341 Å². The minimum atomic E-state index is -0.116. The summed E-state index contributed by atoms with van der Waals surface area (Å²) >= 11 is 5.89. The average molecular weight is 1820 g/mol. The second-order valence-corrected chi connectivity index (χ2v) is 34.0. The van der Waals surface area contributed by atoms with Gasteiger partial charge in [-0.3, -0.25) is 29.6 Å². The lowest BCUT2D eigenvalue weighted by atomic mass is 10.0. The van der Waals surface area contributed by atoms with Gasteiger partial charge in [0.2, 0.25) is 0 Å². The van der Waals surface area contributed by atoms with Gasteiger partial charge in [-0.05, 0) is 382 Å². The number of methoxy groups -OCH3 is 1. The van der Waals surface area contributed by atoms with Crippen molar-refractivity contribution in [1.29, 1.82) is 0 Å². The van der Waals surface area contributed by atoms with Crippen LogP contribution >= 0.6 is 11.6 Å². The molecule has 714 valence electrons. The Morgan fingerprint density at radius 3 is 1.01 bits per heavy atom. The second-order valence-electron chi connectivity index (χ2n) is 33.6. The molecule has 11 aromatic carbocycles. The molecular weight excluding hydrogens is 1660 g/mol. The molecule has 1 aliphatic carbocycles. The van der Waals surface area contributed by atoms with Crippen LogP contribution in [0.5, 0.6) is 5.75 Å². The minimum absolute atomic E-state index is 0. The van der Waals surface area contributed by atoms with Gasteiger partial charge in [0.15, 0.2) is 0 Å². The molecule has 0 unspecified atom stereocenters. The predicted molar refractivity (Wildman–Crippen MR) is 583 cm³/mol. The molecule has 15 aromatic rings. The van der Waals surface area contributed by atoms with Gasteiger partial charge < -0.3 is 9.64 Å². The number of benzene rings is 11. The summed E-state index contributed by atoms with van der Waals surface area (Å²) in [5, 5.41) is 0.632. The largest absolute Gasteiger partial charge is 0.497 e. The molecule has 0 bridgehead atoms. The highest BCUT2D eigenvalue weighted by molar-refractivity contribution is 6.31. The summed E-state index contributed by atoms with van der Waals surface area (Å²) in [6.45, 7) is 51.9. The molecule has 4 heterocycles. The molecule has 1 aliphatic rings. The van der Waals surface area contributed by atoms with Crippen molar-refractivity contribution >= 4 is 17.5 Å². The van der Waals surface area contributed by atoms with E-state index in [9.17, 15) is 9.18 Å². The summed E-state index contributed by atoms with van der Waals surface area (Å²) in [4.78, 5) is 31.2. The van der Waals surface area contributed by atoms with Crippen molar-refractivity contribution in [2.45, 2.75) is 219 Å². The van der Waals surface area contributed by atoms with Crippen LogP contribution in [-0.4, -0.2) is 70.9 Å². The van der Waals surface area contributed by atoms with E-state index in [4.69, 9.17) is 16.3 Å². The molecule has 0 spiro atoms. The number of aryl methyl sites for hydroxylation is 23. The SMILES string of the molecule is C.C.CCc1ccccc1C.CCc1cccnc1.COc1cccc(C)c1.Cc1ccc(C(=O)N(C)C)cc1Cl.Cc1ccc(C2(N(C)C)CC2)cc1.Cc1cccc(C)c1C.Cc1cccc(F)c1C.Cc1ccccc1.Cc1ccccc1C.Cc1ccccc1C.Cc1ccccc1C.Cc1ccccc1C.Cc1cccnc1.Cc1cccnc1C.Cc1ccncc1C. The molecule has 10 heteroatoms. The van der Waals surface area contributed by atoms with Crippen LogP contribution in [0.1, 0.15) is 197 Å². The van der Waals surface area contributed by atoms with E-state index >= 15 is 0 Å². The van der Waals surface area contributed by atoms with Crippen molar-refractivity contribution in [2.24, 2.45) is 0 Å². The molecule has 8 nitrogen and oxygen atoms in total. The van der Waals surface area contributed by atoms with Gasteiger partial charge in [0.1, 0.15) is 11.6 Å². The molecule has 4 aromatic heterocycles. The Morgan fingerprint density at radius 1 is 0.343 bits per heavy atom. The molecule has 0 N–H and O–H groups in total. The van der Waals surface area contributed by atoms with E-state index in [1.54, 1.807) is 58.7 Å². The van der Waals surface area contributed by atoms with Crippen molar-refractivity contribution in [3.8, 4) is 5.75 Å². The van der Waals surface area contributed by atoms with Crippen LogP contribution in [0.2, 0.25) is 5.02 Å². The zero-order valence-corrected chi connectivity index (χ0v) is 86.2. The third-order valence-electron chi connectivity index (χ3n) is 22.4. The Bertz CT molecular complexity index is 5060. The smallest absolute Gasteiger partial charge is 0.253 e. The van der Waals surface area contributed by atoms with Gasteiger partial charge in [-0.15, -0.1) is 0 Å². The van der Waals surface area contributed by atoms with Gasteiger partial charge >= 0.3 is 0 Å². The van der Waals surface area contributed by atoms with E-state index in [0.29, 0.717) is 16.1 Å². The van der Waals surface area contributed by atoms with E-state index in [0.717, 1.165) is 41.0 Å². The van der Waals surface area contributed by atoms with Gasteiger partial charge in [0, 0.05) is 79.3 Å². The van der Waals surface area contributed by atoms with Crippen molar-refractivity contribution in [2.75, 3.05) is 35.3 Å². The fourth-order valence-corrected chi connectivity index (χ4v) is 11.9. The first-order valence-electron chi connectivity index (χ1n) is 45.6. The molecule has 1 fully saturated rings. The molecule has 134 heavy (non-hydrogen) atoms. The van der Waals surface area contributed by atoms with Crippen molar-refractivity contribution < 1.29 is 13.9 Å². The summed E-state index contributed by atoms with van der Waals surface area (Å²) in [6, 6.07) is 99.9. The van der Waals surface area contributed by atoms with Gasteiger partial charge in [-0.1, -0.05) is 294 Å². The summed E-state index contributed by atoms with van der Waals surface area (Å²) in [6.07, 6.45) is 17.6. The Balaban J connectivity index is 0.00000142. The number of nitrogens with zero attached hydrogens (tertiary/aromatic N) is 6. The Kier molecular flexibility index (Phi) is 62.9. The zero-order valence-electron chi connectivity index (χ0n) is 85.4. The van der Waals surface area contributed by atoms with Crippen LogP contribution in [0, 0.1) is 165 Å². The predicted octanol–water partition coefficient (Wildman–Crippen LogP) is 33.4. The quantitative estimate of drug-likeness (QED) is 0.164. The first kappa shape index (κ1) is 121. The maximum atomic E-state index is 12.6. The van der Waals surface area contributed by atoms with Crippen molar-refractivity contribution in [1.82, 2.24) is 29.7 Å². The number of rotatable bonds is 6. The van der Waals surface area contributed by atoms with E-state index in [2.05, 4.69) is 359 Å². The molecule has 0 saturated heterocycles. The van der Waals surface area contributed by atoms with Crippen molar-refractivity contribution in [3.63, 3.8) is 0 Å². The normalized spacial score (nSPS) is 10.1. The lowest BCUT2D eigenvalue weighted by molar-refractivity contribution is 0.0827. The number of pyridine rings is 4. The maximum absolute atomic E-state index is 12.6. The molecule has 0 atom stereocenters. The number of hydrogen-bond acceptors (Lipinski definition) is 7. The summed E-state index contributed by atoms with van der Waals surface area (Å²) < 4.78 is 17.6. The molecule has 16 rings (SSSR count). The zero-order chi connectivity index (χ0) is 98.5. The lowest BCUT2D eigenvalue weighted by Crippen LogP contribution is -2.27. The van der Waals surface area contributed by atoms with Crippen LogP contribution in [-0.2, 0) is 18.4 Å². The fourth-order valence-electron chi connectivity index (χ4n) is 11.7. The van der Waals surface area contributed by atoms with E-state index in [-0.39, 0.29) is 26.6 Å². The molecule has 1 amide bonds. The molecule has 0 radical (unpaired) electrons. The monoisotopic (exact) mass is 1820 g/mol. The Labute approximate surface area is 817 Å². The van der Waals surface area contributed by atoms with Crippen LogP contribution in [0.4, 0.5) is 4.39 Å². The number of halogens is 2. The highest BCUT2D eigenvalue weighted by Gasteiger charge is 2.46. The topological polar surface area (TPSA) is 84.3 Å². The third-order valence-corrected chi connectivity index (χ3v) is 22.8. The third kappa shape index (κ3) is 51.5. The first-order valence-corrected chi connectivity index (χ1v) is 45.9. The standard InChI is InChI=1S/C12H17N.C10H12ClNO.2C9H12.C8H9F.C8H10O.4C8H10.3C7H9N.C7H8.C6H7N.2CH4/c1-10-4-6-11(7-5-10)12(8-9-12)13(2)3;1-7-4-5-8(6-9(7)11)10(13)12(2)3;1-7-5-4-6-8(2)9(7)3;1-3-9-7-5-4-6-8(9)2;1-6-4-3-5-8(9)7(6)2;1-7-4-3-5-8(6-7)9-2;4*1-7-5-3-4-6-8(7)2;1-6-3-4-8-5-7(6)2;1-6-4-3-5-8-7(6)2;1-2-7-4-3-5-8-6-7;1-7-5-3-2-4-6-7;1-6-3-2-4-7-5-6;;/h4-7H,8-9H2,1-3H3;4-6H,1-3H3;4-6H,1-3H3;4-7H,3H2,1-2H3;3-5H,1-2H3;3-6H,1-2H3;4*3-6H,1-2H3;2*3-5H,1-2H3;3-6H,2H2,1H3;2-6H,1H3;2-5H,1H3;2*1H4. The minimum Gasteiger partial charge on any atom is -0.497 e. The Morgan fingerprint density at radius 2 is 0.731 bits per heavy atom.